The number of nitrogens with one attached hydrogen (secondary N) is 1. The van der Waals surface area contributed by atoms with Crippen molar-refractivity contribution in [3.63, 3.8) is 0 Å². The highest BCUT2D eigenvalue weighted by atomic mass is 16.5. The first-order valence-corrected chi connectivity index (χ1v) is 7.47. The van der Waals surface area contributed by atoms with Gasteiger partial charge in [0.25, 0.3) is 0 Å². The molecule has 0 amide bonds. The van der Waals surface area contributed by atoms with Gasteiger partial charge in [-0.05, 0) is 25.5 Å². The molecule has 0 aromatic heterocycles. The summed E-state index contributed by atoms with van der Waals surface area (Å²) in [6, 6.07) is 6.23. The molecule has 1 aliphatic rings. The van der Waals surface area contributed by atoms with Gasteiger partial charge in [0.05, 0.1) is 19.8 Å². The second kappa shape index (κ2) is 7.48. The van der Waals surface area contributed by atoms with Crippen LogP contribution in [0.15, 0.2) is 30.4 Å². The van der Waals surface area contributed by atoms with Crippen molar-refractivity contribution in [2.24, 2.45) is 0 Å². The molecule has 1 atom stereocenters. The molecule has 116 valence electrons. The van der Waals surface area contributed by atoms with E-state index in [0.29, 0.717) is 0 Å². The fourth-order valence-corrected chi connectivity index (χ4v) is 2.95. The summed E-state index contributed by atoms with van der Waals surface area (Å²) >= 11 is 0. The summed E-state index contributed by atoms with van der Waals surface area (Å²) in [7, 11) is 3.43. The third-order valence-corrected chi connectivity index (χ3v) is 3.93. The average Bonchev–Trinajstić information content (AvgIpc) is 2.52. The molecule has 2 rings (SSSR count). The SMILES string of the molecule is C=C(C)C[C@@H](c1c(OC)cccc1OC)N1CCNCC1. The van der Waals surface area contributed by atoms with Crippen LogP contribution in [0.1, 0.15) is 24.9 Å². The van der Waals surface area contributed by atoms with E-state index >= 15 is 0 Å². The Hall–Kier alpha value is -1.52. The maximum Gasteiger partial charge on any atom is 0.127 e. The summed E-state index contributed by atoms with van der Waals surface area (Å²) in [5.41, 5.74) is 2.30. The first-order valence-electron chi connectivity index (χ1n) is 7.47. The van der Waals surface area contributed by atoms with Crippen molar-refractivity contribution in [3.05, 3.63) is 35.9 Å². The maximum absolute atomic E-state index is 5.59. The van der Waals surface area contributed by atoms with Gasteiger partial charge in [-0.3, -0.25) is 4.90 Å². The van der Waals surface area contributed by atoms with Crippen LogP contribution in [0, 0.1) is 0 Å². The lowest BCUT2D eigenvalue weighted by atomic mass is 9.96. The van der Waals surface area contributed by atoms with Crippen molar-refractivity contribution in [1.29, 1.82) is 0 Å². The molecule has 1 heterocycles. The zero-order valence-corrected chi connectivity index (χ0v) is 13.3. The van der Waals surface area contributed by atoms with Crippen LogP contribution in [-0.2, 0) is 0 Å². The van der Waals surface area contributed by atoms with Crippen LogP contribution in [0.25, 0.3) is 0 Å². The van der Waals surface area contributed by atoms with Crippen LogP contribution >= 0.6 is 0 Å². The summed E-state index contributed by atoms with van der Waals surface area (Å²) in [5, 5.41) is 3.40. The van der Waals surface area contributed by atoms with Crippen molar-refractivity contribution < 1.29 is 9.47 Å². The standard InChI is InChI=1S/C17H26N2O2/c1-13(2)12-14(19-10-8-18-9-11-19)17-15(20-3)6-5-7-16(17)21-4/h5-7,14,18H,1,8-12H2,2-4H3/t14-/m0/s1. The highest BCUT2D eigenvalue weighted by Crippen LogP contribution is 2.40. The smallest absolute Gasteiger partial charge is 0.127 e. The van der Waals surface area contributed by atoms with Crippen molar-refractivity contribution in [2.45, 2.75) is 19.4 Å². The molecule has 1 fully saturated rings. The number of hydrogen-bond donors (Lipinski definition) is 1. The molecule has 4 heteroatoms. The van der Waals surface area contributed by atoms with Gasteiger partial charge in [0.2, 0.25) is 0 Å². The van der Waals surface area contributed by atoms with E-state index < -0.39 is 0 Å². The number of piperazine rings is 1. The largest absolute Gasteiger partial charge is 0.496 e. The molecule has 1 aromatic carbocycles. The van der Waals surface area contributed by atoms with Gasteiger partial charge in [-0.2, -0.15) is 0 Å². The van der Waals surface area contributed by atoms with Gasteiger partial charge in [-0.1, -0.05) is 11.6 Å². The van der Waals surface area contributed by atoms with Gasteiger partial charge < -0.3 is 14.8 Å². The predicted molar refractivity (Wildman–Crippen MR) is 86.2 cm³/mol. The normalized spacial score (nSPS) is 17.3. The minimum absolute atomic E-state index is 0.246. The topological polar surface area (TPSA) is 33.7 Å². The number of hydrogen-bond acceptors (Lipinski definition) is 4. The molecular weight excluding hydrogens is 264 g/mol. The average molecular weight is 290 g/mol. The Morgan fingerprint density at radius 1 is 1.24 bits per heavy atom. The fourth-order valence-electron chi connectivity index (χ4n) is 2.95. The quantitative estimate of drug-likeness (QED) is 0.817. The molecule has 0 unspecified atom stereocenters. The molecule has 0 spiro atoms. The lowest BCUT2D eigenvalue weighted by Gasteiger charge is -2.36. The highest BCUT2D eigenvalue weighted by molar-refractivity contribution is 5.47. The van der Waals surface area contributed by atoms with Gasteiger partial charge in [0, 0.05) is 32.2 Å². The zero-order valence-electron chi connectivity index (χ0n) is 13.3. The molecule has 1 saturated heterocycles. The minimum Gasteiger partial charge on any atom is -0.496 e. The molecule has 1 N–H and O–H groups in total. The number of rotatable bonds is 6. The maximum atomic E-state index is 5.59. The summed E-state index contributed by atoms with van der Waals surface area (Å²) in [5.74, 6) is 1.78. The Labute approximate surface area is 127 Å². The molecule has 21 heavy (non-hydrogen) atoms. The second-order valence-electron chi connectivity index (χ2n) is 5.54. The Morgan fingerprint density at radius 3 is 2.29 bits per heavy atom. The Morgan fingerprint density at radius 2 is 1.81 bits per heavy atom. The predicted octanol–water partition coefficient (Wildman–Crippen LogP) is 2.62. The van der Waals surface area contributed by atoms with Gasteiger partial charge in [0.1, 0.15) is 11.5 Å². The van der Waals surface area contributed by atoms with Crippen molar-refractivity contribution in [1.82, 2.24) is 10.2 Å². The summed E-state index contributed by atoms with van der Waals surface area (Å²) < 4.78 is 11.2. The summed E-state index contributed by atoms with van der Waals surface area (Å²) in [6.45, 7) is 10.3. The third kappa shape index (κ3) is 3.77. The van der Waals surface area contributed by atoms with Crippen LogP contribution in [0.3, 0.4) is 0 Å². The van der Waals surface area contributed by atoms with Gasteiger partial charge >= 0.3 is 0 Å². The fraction of sp³-hybridized carbons (Fsp3) is 0.529. The van der Waals surface area contributed by atoms with E-state index in [4.69, 9.17) is 9.47 Å². The molecule has 1 aromatic rings. The molecule has 4 nitrogen and oxygen atoms in total. The second-order valence-corrected chi connectivity index (χ2v) is 5.54. The monoisotopic (exact) mass is 290 g/mol. The number of benzene rings is 1. The van der Waals surface area contributed by atoms with E-state index in [9.17, 15) is 0 Å². The van der Waals surface area contributed by atoms with E-state index in [2.05, 4.69) is 23.7 Å². The number of nitrogens with zero attached hydrogens (tertiary/aromatic N) is 1. The molecular formula is C17H26N2O2. The van der Waals surface area contributed by atoms with Crippen molar-refractivity contribution in [3.8, 4) is 11.5 Å². The summed E-state index contributed by atoms with van der Waals surface area (Å²) in [6.07, 6.45) is 0.913. The lowest BCUT2D eigenvalue weighted by molar-refractivity contribution is 0.166. The van der Waals surface area contributed by atoms with Crippen LogP contribution in [0.4, 0.5) is 0 Å². The Kier molecular flexibility index (Phi) is 5.65. The highest BCUT2D eigenvalue weighted by Gasteiger charge is 2.27. The molecule has 0 saturated carbocycles. The van der Waals surface area contributed by atoms with Crippen molar-refractivity contribution >= 4 is 0 Å². The van der Waals surface area contributed by atoms with Crippen LogP contribution in [0.5, 0.6) is 11.5 Å². The van der Waals surface area contributed by atoms with Crippen LogP contribution in [0.2, 0.25) is 0 Å². The van der Waals surface area contributed by atoms with Crippen LogP contribution < -0.4 is 14.8 Å². The Bertz CT molecular complexity index is 459. The Balaban J connectivity index is 2.41. The third-order valence-electron chi connectivity index (χ3n) is 3.93. The molecule has 0 radical (unpaired) electrons. The van der Waals surface area contributed by atoms with Crippen molar-refractivity contribution in [2.75, 3.05) is 40.4 Å². The number of methoxy groups -OCH3 is 2. The van der Waals surface area contributed by atoms with E-state index in [0.717, 1.165) is 49.7 Å². The van der Waals surface area contributed by atoms with E-state index in [1.807, 2.05) is 18.2 Å². The van der Waals surface area contributed by atoms with Gasteiger partial charge in [-0.25, -0.2) is 0 Å². The van der Waals surface area contributed by atoms with Crippen LogP contribution in [-0.4, -0.2) is 45.3 Å². The minimum atomic E-state index is 0.246. The van der Waals surface area contributed by atoms with E-state index in [-0.39, 0.29) is 6.04 Å². The number of ether oxygens (including phenoxy) is 2. The van der Waals surface area contributed by atoms with E-state index in [1.165, 1.54) is 5.57 Å². The lowest BCUT2D eigenvalue weighted by Crippen LogP contribution is -2.45. The van der Waals surface area contributed by atoms with Gasteiger partial charge in [-0.15, -0.1) is 6.58 Å². The first-order chi connectivity index (χ1) is 10.2. The molecule has 1 aliphatic heterocycles. The molecule has 0 bridgehead atoms. The first kappa shape index (κ1) is 15.9. The van der Waals surface area contributed by atoms with E-state index in [1.54, 1.807) is 14.2 Å². The summed E-state index contributed by atoms with van der Waals surface area (Å²) in [4.78, 5) is 2.49. The van der Waals surface area contributed by atoms with Gasteiger partial charge in [0.15, 0.2) is 0 Å². The molecule has 0 aliphatic carbocycles. The zero-order chi connectivity index (χ0) is 15.2.